The molecule has 0 fully saturated rings. The summed E-state index contributed by atoms with van der Waals surface area (Å²) in [5.41, 5.74) is 1.50. The fraction of sp³-hybridized carbons (Fsp3) is 0.222. The van der Waals surface area contributed by atoms with Gasteiger partial charge in [-0.3, -0.25) is 4.79 Å². The highest BCUT2D eigenvalue weighted by Crippen LogP contribution is 2.29. The Hall–Kier alpha value is -2.83. The van der Waals surface area contributed by atoms with Crippen LogP contribution < -0.4 is 5.32 Å². The molecule has 1 N–H and O–H groups in total. The Morgan fingerprint density at radius 1 is 1.12 bits per heavy atom. The zero-order valence-electron chi connectivity index (χ0n) is 13.3. The number of hydrogen-bond donors (Lipinski definition) is 1. The van der Waals surface area contributed by atoms with Crippen LogP contribution in [0.1, 0.15) is 16.8 Å². The van der Waals surface area contributed by atoms with E-state index in [1.807, 2.05) is 28.8 Å². The molecule has 4 nitrogen and oxygen atoms in total. The SMILES string of the molecule is O=C(Cc1cn2ccccc2n1)NCCc1ccc(C(F)(F)F)cc1. The molecule has 0 atom stereocenters. The van der Waals surface area contributed by atoms with E-state index in [0.717, 1.165) is 23.3 Å². The summed E-state index contributed by atoms with van der Waals surface area (Å²) in [5.74, 6) is -0.171. The molecule has 3 aromatic rings. The summed E-state index contributed by atoms with van der Waals surface area (Å²) in [6.07, 6.45) is -0.0519. The Kier molecular flexibility index (Phi) is 4.74. The topological polar surface area (TPSA) is 46.4 Å². The number of nitrogens with zero attached hydrogens (tertiary/aromatic N) is 2. The molecule has 7 heteroatoms. The van der Waals surface area contributed by atoms with Crippen molar-refractivity contribution in [3.63, 3.8) is 0 Å². The highest BCUT2D eigenvalue weighted by atomic mass is 19.4. The number of benzene rings is 1. The van der Waals surface area contributed by atoms with Crippen LogP contribution in [0.25, 0.3) is 5.65 Å². The number of nitrogens with one attached hydrogen (secondary N) is 1. The smallest absolute Gasteiger partial charge is 0.355 e. The van der Waals surface area contributed by atoms with Crippen LogP contribution in [-0.2, 0) is 23.8 Å². The number of fused-ring (bicyclic) bond motifs is 1. The predicted molar refractivity (Wildman–Crippen MR) is 87.1 cm³/mol. The largest absolute Gasteiger partial charge is 0.416 e. The first kappa shape index (κ1) is 17.0. The van der Waals surface area contributed by atoms with E-state index < -0.39 is 11.7 Å². The Labute approximate surface area is 142 Å². The van der Waals surface area contributed by atoms with Gasteiger partial charge >= 0.3 is 6.18 Å². The van der Waals surface area contributed by atoms with Gasteiger partial charge in [-0.05, 0) is 36.2 Å². The third kappa shape index (κ3) is 4.37. The lowest BCUT2D eigenvalue weighted by Crippen LogP contribution is -2.27. The van der Waals surface area contributed by atoms with Gasteiger partial charge in [-0.1, -0.05) is 18.2 Å². The molecule has 25 heavy (non-hydrogen) atoms. The van der Waals surface area contributed by atoms with Crippen molar-refractivity contribution in [1.82, 2.24) is 14.7 Å². The van der Waals surface area contributed by atoms with Crippen LogP contribution in [0.2, 0.25) is 0 Å². The van der Waals surface area contributed by atoms with Crippen molar-refractivity contribution < 1.29 is 18.0 Å². The summed E-state index contributed by atoms with van der Waals surface area (Å²) in [6.45, 7) is 0.359. The van der Waals surface area contributed by atoms with Gasteiger partial charge in [0.15, 0.2) is 0 Å². The van der Waals surface area contributed by atoms with E-state index in [0.29, 0.717) is 18.7 Å². The molecule has 2 heterocycles. The van der Waals surface area contributed by atoms with Gasteiger partial charge in [0.25, 0.3) is 0 Å². The second kappa shape index (κ2) is 6.96. The van der Waals surface area contributed by atoms with Gasteiger partial charge in [-0.2, -0.15) is 13.2 Å². The minimum atomic E-state index is -4.33. The van der Waals surface area contributed by atoms with Crippen molar-refractivity contribution in [3.05, 3.63) is 71.7 Å². The van der Waals surface area contributed by atoms with E-state index in [9.17, 15) is 18.0 Å². The van der Waals surface area contributed by atoms with Crippen LogP contribution in [0.15, 0.2) is 54.9 Å². The van der Waals surface area contributed by atoms with Crippen molar-refractivity contribution in [2.24, 2.45) is 0 Å². The highest BCUT2D eigenvalue weighted by Gasteiger charge is 2.29. The van der Waals surface area contributed by atoms with Crippen LogP contribution in [-0.4, -0.2) is 21.8 Å². The van der Waals surface area contributed by atoms with Crippen LogP contribution >= 0.6 is 0 Å². The number of alkyl halides is 3. The molecule has 0 radical (unpaired) electrons. The maximum atomic E-state index is 12.5. The van der Waals surface area contributed by atoms with E-state index in [1.54, 1.807) is 6.20 Å². The first-order chi connectivity index (χ1) is 11.9. The fourth-order valence-electron chi connectivity index (χ4n) is 2.51. The second-order valence-electron chi connectivity index (χ2n) is 5.67. The summed E-state index contributed by atoms with van der Waals surface area (Å²) in [7, 11) is 0. The quantitative estimate of drug-likeness (QED) is 0.770. The number of carbonyl (C=O) groups is 1. The minimum absolute atomic E-state index is 0.161. The van der Waals surface area contributed by atoms with Gasteiger partial charge in [0.05, 0.1) is 17.7 Å². The normalized spacial score (nSPS) is 11.6. The molecule has 0 saturated heterocycles. The van der Waals surface area contributed by atoms with E-state index in [4.69, 9.17) is 0 Å². The molecular weight excluding hydrogens is 331 g/mol. The van der Waals surface area contributed by atoms with Gasteiger partial charge in [0.1, 0.15) is 5.65 Å². The highest BCUT2D eigenvalue weighted by molar-refractivity contribution is 5.78. The summed E-state index contributed by atoms with van der Waals surface area (Å²) in [6, 6.07) is 10.6. The molecule has 0 aliphatic heterocycles. The number of aromatic nitrogens is 2. The third-order valence-corrected chi connectivity index (χ3v) is 3.77. The molecule has 0 saturated carbocycles. The maximum Gasteiger partial charge on any atom is 0.416 e. The zero-order valence-corrected chi connectivity index (χ0v) is 13.3. The number of pyridine rings is 1. The van der Waals surface area contributed by atoms with Crippen molar-refractivity contribution >= 4 is 11.6 Å². The lowest BCUT2D eigenvalue weighted by Gasteiger charge is -2.08. The molecule has 0 aliphatic carbocycles. The monoisotopic (exact) mass is 347 g/mol. The number of carbonyl (C=O) groups excluding carboxylic acids is 1. The van der Waals surface area contributed by atoms with Gasteiger partial charge in [0.2, 0.25) is 5.91 Å². The molecule has 0 spiro atoms. The van der Waals surface area contributed by atoms with Gasteiger partial charge in [0, 0.05) is 18.9 Å². The number of halogens is 3. The maximum absolute atomic E-state index is 12.5. The fourth-order valence-corrected chi connectivity index (χ4v) is 2.51. The molecule has 1 aromatic carbocycles. The van der Waals surface area contributed by atoms with Crippen LogP contribution in [0.5, 0.6) is 0 Å². The molecular formula is C18H16F3N3O. The van der Waals surface area contributed by atoms with Crippen LogP contribution in [0, 0.1) is 0 Å². The Balaban J connectivity index is 1.49. The standard InChI is InChI=1S/C18H16F3N3O/c19-18(20,21)14-6-4-13(5-7-14)8-9-22-17(25)11-15-12-24-10-2-1-3-16(24)23-15/h1-7,10,12H,8-9,11H2,(H,22,25). The number of amides is 1. The molecule has 1 amide bonds. The summed E-state index contributed by atoms with van der Waals surface area (Å²) in [4.78, 5) is 16.3. The average Bonchev–Trinajstić information content (AvgIpc) is 2.96. The molecule has 3 rings (SSSR count). The van der Waals surface area contributed by atoms with Crippen LogP contribution in [0.4, 0.5) is 13.2 Å². The Morgan fingerprint density at radius 2 is 1.88 bits per heavy atom. The zero-order chi connectivity index (χ0) is 17.9. The van der Waals surface area contributed by atoms with Crippen molar-refractivity contribution in [2.45, 2.75) is 19.0 Å². The van der Waals surface area contributed by atoms with Gasteiger partial charge in [-0.15, -0.1) is 0 Å². The molecule has 2 aromatic heterocycles. The van der Waals surface area contributed by atoms with E-state index in [1.165, 1.54) is 12.1 Å². The number of rotatable bonds is 5. The Bertz CT molecular complexity index is 836. The predicted octanol–water partition coefficient (Wildman–Crippen LogP) is 3.25. The van der Waals surface area contributed by atoms with E-state index in [2.05, 4.69) is 10.3 Å². The molecule has 0 unspecified atom stereocenters. The Morgan fingerprint density at radius 3 is 2.56 bits per heavy atom. The summed E-state index contributed by atoms with van der Waals surface area (Å²) < 4.78 is 39.3. The van der Waals surface area contributed by atoms with Crippen LogP contribution in [0.3, 0.4) is 0 Å². The van der Waals surface area contributed by atoms with E-state index >= 15 is 0 Å². The first-order valence-electron chi connectivity index (χ1n) is 7.77. The average molecular weight is 347 g/mol. The summed E-state index contributed by atoms with van der Waals surface area (Å²) in [5, 5.41) is 2.76. The number of hydrogen-bond acceptors (Lipinski definition) is 2. The summed E-state index contributed by atoms with van der Waals surface area (Å²) >= 11 is 0. The number of imidazole rings is 1. The lowest BCUT2D eigenvalue weighted by atomic mass is 10.1. The van der Waals surface area contributed by atoms with Crippen molar-refractivity contribution in [3.8, 4) is 0 Å². The van der Waals surface area contributed by atoms with E-state index in [-0.39, 0.29) is 12.3 Å². The molecule has 130 valence electrons. The molecule has 0 aliphatic rings. The van der Waals surface area contributed by atoms with Crippen molar-refractivity contribution in [1.29, 1.82) is 0 Å². The third-order valence-electron chi connectivity index (χ3n) is 3.77. The second-order valence-corrected chi connectivity index (χ2v) is 5.67. The first-order valence-corrected chi connectivity index (χ1v) is 7.77. The lowest BCUT2D eigenvalue weighted by molar-refractivity contribution is -0.137. The van der Waals surface area contributed by atoms with Gasteiger partial charge in [-0.25, -0.2) is 4.98 Å². The minimum Gasteiger partial charge on any atom is -0.355 e. The van der Waals surface area contributed by atoms with Gasteiger partial charge < -0.3 is 9.72 Å². The van der Waals surface area contributed by atoms with Crippen molar-refractivity contribution in [2.75, 3.05) is 6.54 Å². The molecule has 0 bridgehead atoms.